The molecule has 0 bridgehead atoms. The molecule has 0 saturated carbocycles. The van der Waals surface area contributed by atoms with Crippen LogP contribution in [0.5, 0.6) is 0 Å². The van der Waals surface area contributed by atoms with Gasteiger partial charge in [-0.05, 0) is 40.5 Å². The highest BCUT2D eigenvalue weighted by atomic mass is 79.9. The van der Waals surface area contributed by atoms with Crippen LogP contribution in [0, 0.1) is 0 Å². The van der Waals surface area contributed by atoms with E-state index in [0.717, 1.165) is 27.1 Å². The maximum atomic E-state index is 4.24. The molecule has 0 fully saturated rings. The Morgan fingerprint density at radius 3 is 2.26 bits per heavy atom. The number of aromatic nitrogens is 2. The Labute approximate surface area is 129 Å². The molecule has 0 radical (unpaired) electrons. The third-order valence-corrected chi connectivity index (χ3v) is 3.79. The number of hydrogen-bond donors (Lipinski definition) is 2. The van der Waals surface area contributed by atoms with Crippen LogP contribution in [0.15, 0.2) is 39.5 Å². The maximum absolute atomic E-state index is 4.24. The van der Waals surface area contributed by atoms with Gasteiger partial charge in [-0.1, -0.05) is 28.1 Å². The van der Waals surface area contributed by atoms with E-state index in [0.29, 0.717) is 6.54 Å². The Hall–Kier alpha value is -1.14. The minimum Gasteiger partial charge on any atom is -0.369 e. The van der Waals surface area contributed by atoms with E-state index >= 15 is 0 Å². The summed E-state index contributed by atoms with van der Waals surface area (Å²) < 4.78 is 1.93. The van der Waals surface area contributed by atoms with Crippen LogP contribution in [0.2, 0.25) is 0 Å². The lowest BCUT2D eigenvalue weighted by Gasteiger charge is -2.10. The minimum absolute atomic E-state index is 0.717. The second-order valence-corrected chi connectivity index (χ2v) is 5.60. The summed E-state index contributed by atoms with van der Waals surface area (Å²) in [6.07, 6.45) is 1.55. The van der Waals surface area contributed by atoms with Crippen LogP contribution in [0.3, 0.4) is 0 Å². The molecular formula is C13H14Br2N4. The quantitative estimate of drug-likeness (QED) is 0.815. The molecule has 1 heterocycles. The summed E-state index contributed by atoms with van der Waals surface area (Å²) in [5.74, 6) is 1.59. The number of hydrogen-bond acceptors (Lipinski definition) is 4. The number of nitrogens with zero attached hydrogens (tertiary/aromatic N) is 2. The summed E-state index contributed by atoms with van der Waals surface area (Å²) in [6, 6.07) is 8.18. The van der Waals surface area contributed by atoms with Gasteiger partial charge in [-0.25, -0.2) is 9.97 Å². The van der Waals surface area contributed by atoms with Gasteiger partial charge in [-0.15, -0.1) is 0 Å². The molecule has 2 rings (SSSR count). The minimum atomic E-state index is 0.717. The van der Waals surface area contributed by atoms with Crippen molar-refractivity contribution in [1.82, 2.24) is 9.97 Å². The van der Waals surface area contributed by atoms with Crippen molar-refractivity contribution in [3.05, 3.63) is 45.1 Å². The molecule has 2 aromatic rings. The van der Waals surface area contributed by atoms with Crippen molar-refractivity contribution >= 4 is 43.5 Å². The lowest BCUT2D eigenvalue weighted by molar-refractivity contribution is 1.06. The summed E-state index contributed by atoms with van der Waals surface area (Å²) in [6.45, 7) is 3.57. The van der Waals surface area contributed by atoms with Crippen molar-refractivity contribution in [2.45, 2.75) is 13.5 Å². The highest BCUT2D eigenvalue weighted by Crippen LogP contribution is 2.26. The zero-order valence-electron chi connectivity index (χ0n) is 10.5. The third kappa shape index (κ3) is 3.91. The Morgan fingerprint density at radius 2 is 1.63 bits per heavy atom. The molecular weight excluding hydrogens is 372 g/mol. The van der Waals surface area contributed by atoms with Crippen molar-refractivity contribution < 1.29 is 0 Å². The molecule has 1 aromatic heterocycles. The third-order valence-electron chi connectivity index (χ3n) is 2.51. The maximum Gasteiger partial charge on any atom is 0.146 e. The van der Waals surface area contributed by atoms with Crippen LogP contribution in [-0.4, -0.2) is 16.5 Å². The van der Waals surface area contributed by atoms with Crippen LogP contribution in [0.4, 0.5) is 11.6 Å². The standard InChI is InChI=1S/C13H14Br2N4/c1-2-16-12-11(15)13(19-8-18-12)17-7-9-3-5-10(14)6-4-9/h3-6,8H,2,7H2,1H3,(H2,16,17,18,19). The number of halogens is 2. The molecule has 0 aliphatic rings. The number of benzene rings is 1. The van der Waals surface area contributed by atoms with E-state index in [4.69, 9.17) is 0 Å². The average Bonchev–Trinajstić information content (AvgIpc) is 2.42. The van der Waals surface area contributed by atoms with Gasteiger partial charge in [0.05, 0.1) is 0 Å². The number of rotatable bonds is 5. The van der Waals surface area contributed by atoms with Crippen molar-refractivity contribution in [3.63, 3.8) is 0 Å². The Kier molecular flexibility index (Phi) is 5.15. The molecule has 100 valence electrons. The summed E-state index contributed by atoms with van der Waals surface area (Å²) in [4.78, 5) is 8.42. The van der Waals surface area contributed by atoms with Gasteiger partial charge in [0.1, 0.15) is 22.4 Å². The summed E-state index contributed by atoms with van der Waals surface area (Å²) in [5, 5.41) is 6.47. The molecule has 0 amide bonds. The Morgan fingerprint density at radius 1 is 1.00 bits per heavy atom. The van der Waals surface area contributed by atoms with Crippen molar-refractivity contribution in [3.8, 4) is 0 Å². The fourth-order valence-electron chi connectivity index (χ4n) is 1.57. The van der Waals surface area contributed by atoms with Gasteiger partial charge in [0.2, 0.25) is 0 Å². The zero-order valence-corrected chi connectivity index (χ0v) is 13.6. The Bertz CT molecular complexity index is 543. The molecule has 1 aromatic carbocycles. The van der Waals surface area contributed by atoms with Gasteiger partial charge in [-0.3, -0.25) is 0 Å². The zero-order chi connectivity index (χ0) is 13.7. The second-order valence-electron chi connectivity index (χ2n) is 3.90. The predicted octanol–water partition coefficient (Wildman–Crippen LogP) is 4.05. The van der Waals surface area contributed by atoms with E-state index in [-0.39, 0.29) is 0 Å². The van der Waals surface area contributed by atoms with E-state index in [1.807, 2.05) is 19.1 Å². The monoisotopic (exact) mass is 384 g/mol. The van der Waals surface area contributed by atoms with E-state index < -0.39 is 0 Å². The molecule has 19 heavy (non-hydrogen) atoms. The lowest BCUT2D eigenvalue weighted by atomic mass is 10.2. The highest BCUT2D eigenvalue weighted by Gasteiger charge is 2.07. The summed E-state index contributed by atoms with van der Waals surface area (Å²) >= 11 is 6.93. The largest absolute Gasteiger partial charge is 0.369 e. The molecule has 0 spiro atoms. The van der Waals surface area contributed by atoms with Gasteiger partial charge in [-0.2, -0.15) is 0 Å². The fourth-order valence-corrected chi connectivity index (χ4v) is 2.32. The molecule has 0 atom stereocenters. The fraction of sp³-hybridized carbons (Fsp3) is 0.231. The van der Waals surface area contributed by atoms with Crippen molar-refractivity contribution in [2.24, 2.45) is 0 Å². The van der Waals surface area contributed by atoms with E-state index in [2.05, 4.69) is 64.6 Å². The van der Waals surface area contributed by atoms with Crippen LogP contribution in [0.1, 0.15) is 12.5 Å². The first-order chi connectivity index (χ1) is 9.20. The van der Waals surface area contributed by atoms with Gasteiger partial charge < -0.3 is 10.6 Å². The number of nitrogens with one attached hydrogen (secondary N) is 2. The molecule has 0 saturated heterocycles. The molecule has 4 nitrogen and oxygen atoms in total. The smallest absolute Gasteiger partial charge is 0.146 e. The first-order valence-electron chi connectivity index (χ1n) is 5.93. The molecule has 0 aliphatic carbocycles. The van der Waals surface area contributed by atoms with Gasteiger partial charge >= 0.3 is 0 Å². The van der Waals surface area contributed by atoms with Crippen LogP contribution in [0.25, 0.3) is 0 Å². The summed E-state index contributed by atoms with van der Waals surface area (Å²) in [5.41, 5.74) is 1.19. The van der Waals surface area contributed by atoms with Crippen LogP contribution in [-0.2, 0) is 6.54 Å². The molecule has 2 N–H and O–H groups in total. The molecule has 6 heteroatoms. The van der Waals surface area contributed by atoms with Gasteiger partial charge in [0.25, 0.3) is 0 Å². The van der Waals surface area contributed by atoms with Gasteiger partial charge in [0, 0.05) is 17.6 Å². The normalized spacial score (nSPS) is 10.3. The summed E-state index contributed by atoms with van der Waals surface area (Å²) in [7, 11) is 0. The van der Waals surface area contributed by atoms with E-state index in [1.165, 1.54) is 5.56 Å². The van der Waals surface area contributed by atoms with Crippen molar-refractivity contribution in [1.29, 1.82) is 0 Å². The lowest BCUT2D eigenvalue weighted by Crippen LogP contribution is -2.06. The first-order valence-corrected chi connectivity index (χ1v) is 7.52. The van der Waals surface area contributed by atoms with Gasteiger partial charge in [0.15, 0.2) is 0 Å². The van der Waals surface area contributed by atoms with E-state index in [9.17, 15) is 0 Å². The predicted molar refractivity (Wildman–Crippen MR) is 85.4 cm³/mol. The first kappa shape index (κ1) is 14.3. The average molecular weight is 386 g/mol. The van der Waals surface area contributed by atoms with Crippen molar-refractivity contribution in [2.75, 3.05) is 17.2 Å². The topological polar surface area (TPSA) is 49.8 Å². The molecule has 0 unspecified atom stereocenters. The molecule has 0 aliphatic heterocycles. The second kappa shape index (κ2) is 6.86. The SMILES string of the molecule is CCNc1ncnc(NCc2ccc(Br)cc2)c1Br. The van der Waals surface area contributed by atoms with Crippen LogP contribution >= 0.6 is 31.9 Å². The highest BCUT2D eigenvalue weighted by molar-refractivity contribution is 9.11. The Balaban J connectivity index is 2.07. The van der Waals surface area contributed by atoms with E-state index in [1.54, 1.807) is 6.33 Å². The number of anilines is 2. The van der Waals surface area contributed by atoms with Crippen LogP contribution < -0.4 is 10.6 Å².